The van der Waals surface area contributed by atoms with Gasteiger partial charge in [-0.05, 0) is 46.5 Å². The molecule has 0 atom stereocenters. The molecule has 1 aliphatic carbocycles. The number of guanidine groups is 1. The van der Waals surface area contributed by atoms with E-state index in [9.17, 15) is 0 Å². The van der Waals surface area contributed by atoms with E-state index in [-0.39, 0.29) is 0 Å². The summed E-state index contributed by atoms with van der Waals surface area (Å²) in [6.07, 6.45) is 4.02. The number of hydrogen-bond donors (Lipinski definition) is 2. The van der Waals surface area contributed by atoms with E-state index in [1.165, 1.54) is 19.3 Å². The summed E-state index contributed by atoms with van der Waals surface area (Å²) in [5, 5.41) is 3.21. The fourth-order valence-corrected chi connectivity index (χ4v) is 2.38. The van der Waals surface area contributed by atoms with Crippen LogP contribution in [0.5, 0.6) is 0 Å². The fourth-order valence-electron chi connectivity index (χ4n) is 2.38. The molecular formula is C14H30N4. The van der Waals surface area contributed by atoms with Crippen molar-refractivity contribution in [1.82, 2.24) is 10.2 Å². The SMILES string of the molecule is CC(C)N(CCNC(N)=NCC1CCC1)C(C)C. The lowest BCUT2D eigenvalue weighted by atomic mass is 9.86. The summed E-state index contributed by atoms with van der Waals surface area (Å²) in [6.45, 7) is 11.7. The minimum atomic E-state index is 0.569. The van der Waals surface area contributed by atoms with Crippen LogP contribution in [0, 0.1) is 5.92 Å². The van der Waals surface area contributed by atoms with Crippen molar-refractivity contribution >= 4 is 5.96 Å². The summed E-state index contributed by atoms with van der Waals surface area (Å²) in [6, 6.07) is 1.14. The van der Waals surface area contributed by atoms with Gasteiger partial charge in [-0.15, -0.1) is 0 Å². The third-order valence-corrected chi connectivity index (χ3v) is 3.75. The minimum Gasteiger partial charge on any atom is -0.370 e. The van der Waals surface area contributed by atoms with Crippen LogP contribution in [0.15, 0.2) is 4.99 Å². The van der Waals surface area contributed by atoms with E-state index < -0.39 is 0 Å². The van der Waals surface area contributed by atoms with E-state index in [0.717, 1.165) is 25.6 Å². The topological polar surface area (TPSA) is 53.6 Å². The van der Waals surface area contributed by atoms with Crippen molar-refractivity contribution in [2.75, 3.05) is 19.6 Å². The Bertz CT molecular complexity index is 249. The van der Waals surface area contributed by atoms with Crippen LogP contribution in [0.3, 0.4) is 0 Å². The molecule has 0 amide bonds. The second-order valence-corrected chi connectivity index (χ2v) is 5.87. The Morgan fingerprint density at radius 1 is 1.28 bits per heavy atom. The largest absolute Gasteiger partial charge is 0.370 e. The molecule has 1 saturated carbocycles. The van der Waals surface area contributed by atoms with Gasteiger partial charge in [-0.2, -0.15) is 0 Å². The molecule has 106 valence electrons. The molecule has 0 radical (unpaired) electrons. The highest BCUT2D eigenvalue weighted by Crippen LogP contribution is 2.26. The Morgan fingerprint density at radius 3 is 2.33 bits per heavy atom. The molecule has 3 N–H and O–H groups in total. The number of rotatable bonds is 7. The number of nitrogens with zero attached hydrogens (tertiary/aromatic N) is 2. The van der Waals surface area contributed by atoms with Gasteiger partial charge in [0.15, 0.2) is 5.96 Å². The lowest BCUT2D eigenvalue weighted by molar-refractivity contribution is 0.178. The van der Waals surface area contributed by atoms with Crippen LogP contribution in [-0.2, 0) is 0 Å². The zero-order chi connectivity index (χ0) is 13.5. The van der Waals surface area contributed by atoms with E-state index in [2.05, 4.69) is 42.9 Å². The summed E-state index contributed by atoms with van der Waals surface area (Å²) in [5.74, 6) is 1.39. The molecule has 1 aliphatic rings. The molecule has 0 spiro atoms. The first kappa shape index (κ1) is 15.3. The Labute approximate surface area is 112 Å². The van der Waals surface area contributed by atoms with E-state index >= 15 is 0 Å². The highest BCUT2D eigenvalue weighted by atomic mass is 15.2. The molecule has 0 heterocycles. The number of nitrogens with one attached hydrogen (secondary N) is 1. The average molecular weight is 254 g/mol. The van der Waals surface area contributed by atoms with Gasteiger partial charge in [-0.25, -0.2) is 0 Å². The maximum Gasteiger partial charge on any atom is 0.188 e. The molecule has 18 heavy (non-hydrogen) atoms. The molecule has 4 nitrogen and oxygen atoms in total. The van der Waals surface area contributed by atoms with Gasteiger partial charge in [0.05, 0.1) is 0 Å². The van der Waals surface area contributed by atoms with Crippen molar-refractivity contribution in [2.24, 2.45) is 16.6 Å². The molecule has 0 saturated heterocycles. The summed E-state index contributed by atoms with van der Waals surface area (Å²) in [4.78, 5) is 6.85. The van der Waals surface area contributed by atoms with E-state index in [4.69, 9.17) is 5.73 Å². The first-order valence-electron chi connectivity index (χ1n) is 7.30. The molecule has 0 aromatic heterocycles. The van der Waals surface area contributed by atoms with Gasteiger partial charge in [0.2, 0.25) is 0 Å². The van der Waals surface area contributed by atoms with Gasteiger partial charge >= 0.3 is 0 Å². The number of hydrogen-bond acceptors (Lipinski definition) is 2. The second kappa shape index (κ2) is 7.62. The first-order chi connectivity index (χ1) is 8.50. The smallest absolute Gasteiger partial charge is 0.188 e. The monoisotopic (exact) mass is 254 g/mol. The van der Waals surface area contributed by atoms with Crippen molar-refractivity contribution < 1.29 is 0 Å². The quantitative estimate of drug-likeness (QED) is 0.538. The summed E-state index contributed by atoms with van der Waals surface area (Å²) in [5.41, 5.74) is 5.86. The van der Waals surface area contributed by atoms with Crippen molar-refractivity contribution in [1.29, 1.82) is 0 Å². The van der Waals surface area contributed by atoms with Gasteiger partial charge in [0.1, 0.15) is 0 Å². The molecule has 0 aromatic carbocycles. The predicted octanol–water partition coefficient (Wildman–Crippen LogP) is 1.81. The molecule has 0 aliphatic heterocycles. The molecule has 0 aromatic rings. The minimum absolute atomic E-state index is 0.569. The highest BCUT2D eigenvalue weighted by Gasteiger charge is 2.16. The lowest BCUT2D eigenvalue weighted by Crippen LogP contribution is -2.44. The molecular weight excluding hydrogens is 224 g/mol. The van der Waals surface area contributed by atoms with Crippen molar-refractivity contribution in [2.45, 2.75) is 59.0 Å². The maximum absolute atomic E-state index is 5.86. The standard InChI is InChI=1S/C14H30N4/c1-11(2)18(12(3)4)9-8-16-14(15)17-10-13-6-5-7-13/h11-13H,5-10H2,1-4H3,(H3,15,16,17). The molecule has 0 bridgehead atoms. The Balaban J connectivity index is 2.18. The molecule has 4 heteroatoms. The molecule has 1 rings (SSSR count). The third-order valence-electron chi connectivity index (χ3n) is 3.75. The normalized spacial score (nSPS) is 17.6. The highest BCUT2D eigenvalue weighted by molar-refractivity contribution is 5.77. The first-order valence-corrected chi connectivity index (χ1v) is 7.30. The van der Waals surface area contributed by atoms with Gasteiger partial charge in [-0.3, -0.25) is 9.89 Å². The van der Waals surface area contributed by atoms with E-state index in [0.29, 0.717) is 18.0 Å². The second-order valence-electron chi connectivity index (χ2n) is 5.87. The van der Waals surface area contributed by atoms with Crippen LogP contribution in [0.25, 0.3) is 0 Å². The van der Waals surface area contributed by atoms with Gasteiger partial charge in [0.25, 0.3) is 0 Å². The Hall–Kier alpha value is -0.770. The van der Waals surface area contributed by atoms with Crippen molar-refractivity contribution in [3.63, 3.8) is 0 Å². The third kappa shape index (κ3) is 5.25. The average Bonchev–Trinajstić information content (AvgIpc) is 2.20. The van der Waals surface area contributed by atoms with Crippen LogP contribution in [-0.4, -0.2) is 42.6 Å². The Kier molecular flexibility index (Phi) is 6.47. The van der Waals surface area contributed by atoms with Crippen LogP contribution in [0.4, 0.5) is 0 Å². The summed E-state index contributed by atoms with van der Waals surface area (Å²) in [7, 11) is 0. The molecule has 0 unspecified atom stereocenters. The van der Waals surface area contributed by atoms with E-state index in [1.807, 2.05) is 0 Å². The van der Waals surface area contributed by atoms with Crippen LogP contribution in [0.1, 0.15) is 47.0 Å². The number of aliphatic imine (C=N–C) groups is 1. The zero-order valence-electron chi connectivity index (χ0n) is 12.4. The zero-order valence-corrected chi connectivity index (χ0v) is 12.4. The van der Waals surface area contributed by atoms with Crippen LogP contribution >= 0.6 is 0 Å². The van der Waals surface area contributed by atoms with Gasteiger partial charge < -0.3 is 11.1 Å². The number of nitrogens with two attached hydrogens (primary N) is 1. The van der Waals surface area contributed by atoms with Crippen LogP contribution < -0.4 is 11.1 Å². The van der Waals surface area contributed by atoms with Crippen molar-refractivity contribution in [3.8, 4) is 0 Å². The lowest BCUT2D eigenvalue weighted by Gasteiger charge is -2.30. The van der Waals surface area contributed by atoms with Gasteiger partial charge in [0, 0.05) is 31.7 Å². The summed E-state index contributed by atoms with van der Waals surface area (Å²) < 4.78 is 0. The maximum atomic E-state index is 5.86. The predicted molar refractivity (Wildman–Crippen MR) is 78.8 cm³/mol. The van der Waals surface area contributed by atoms with Crippen molar-refractivity contribution in [3.05, 3.63) is 0 Å². The molecule has 1 fully saturated rings. The van der Waals surface area contributed by atoms with Crippen LogP contribution in [0.2, 0.25) is 0 Å². The van der Waals surface area contributed by atoms with E-state index in [1.54, 1.807) is 0 Å². The Morgan fingerprint density at radius 2 is 1.89 bits per heavy atom. The summed E-state index contributed by atoms with van der Waals surface area (Å²) >= 11 is 0. The van der Waals surface area contributed by atoms with Gasteiger partial charge in [-0.1, -0.05) is 6.42 Å². The fraction of sp³-hybridized carbons (Fsp3) is 0.929.